The topological polar surface area (TPSA) is 58.4 Å². The van der Waals surface area contributed by atoms with Crippen LogP contribution >= 0.6 is 0 Å². The van der Waals surface area contributed by atoms with E-state index in [1.807, 2.05) is 4.31 Å². The molecule has 0 aromatic heterocycles. The van der Waals surface area contributed by atoms with Gasteiger partial charge in [0.05, 0.1) is 0 Å². The summed E-state index contributed by atoms with van der Waals surface area (Å²) in [6.07, 6.45) is 1.90. The molecule has 11 heavy (non-hydrogen) atoms. The molecule has 3 N–H and O–H groups in total. The van der Waals surface area contributed by atoms with Gasteiger partial charge in [-0.15, -0.1) is 0 Å². The zero-order valence-electron chi connectivity index (χ0n) is 6.75. The van der Waals surface area contributed by atoms with Crippen molar-refractivity contribution >= 4 is 11.2 Å². The van der Waals surface area contributed by atoms with Crippen molar-refractivity contribution in [2.75, 3.05) is 20.1 Å². The molecule has 0 aromatic carbocycles. The van der Waals surface area contributed by atoms with Crippen molar-refractivity contribution in [1.82, 2.24) is 9.03 Å². The van der Waals surface area contributed by atoms with Crippen molar-refractivity contribution in [3.63, 3.8) is 0 Å². The quantitative estimate of drug-likeness (QED) is 0.580. The smallest absolute Gasteiger partial charge is 0.169 e. The van der Waals surface area contributed by atoms with Crippen LogP contribution in [0, 0.1) is 0 Å². The van der Waals surface area contributed by atoms with Crippen molar-refractivity contribution in [3.8, 4) is 0 Å². The van der Waals surface area contributed by atoms with Gasteiger partial charge in [-0.3, -0.25) is 0 Å². The molecular formula is C6H15N3OS. The molecule has 0 aromatic rings. The summed E-state index contributed by atoms with van der Waals surface area (Å²) < 4.78 is 15.8. The van der Waals surface area contributed by atoms with Crippen LogP contribution < -0.4 is 10.5 Å². The van der Waals surface area contributed by atoms with Gasteiger partial charge in [0.25, 0.3) is 0 Å². The molecule has 0 aliphatic carbocycles. The van der Waals surface area contributed by atoms with Crippen molar-refractivity contribution in [2.45, 2.75) is 18.9 Å². The molecular weight excluding hydrogens is 162 g/mol. The molecule has 0 bridgehead atoms. The van der Waals surface area contributed by atoms with Crippen LogP contribution in [0.2, 0.25) is 0 Å². The summed E-state index contributed by atoms with van der Waals surface area (Å²) in [7, 11) is 1.70. The van der Waals surface area contributed by atoms with Gasteiger partial charge in [0.15, 0.2) is 11.2 Å². The molecule has 1 fully saturated rings. The number of nitrogens with two attached hydrogens (primary N) is 1. The van der Waals surface area contributed by atoms with Crippen molar-refractivity contribution < 1.29 is 4.21 Å². The Kier molecular flexibility index (Phi) is 3.45. The predicted molar refractivity (Wildman–Crippen MR) is 46.0 cm³/mol. The van der Waals surface area contributed by atoms with E-state index in [1.165, 1.54) is 0 Å². The van der Waals surface area contributed by atoms with E-state index < -0.39 is 11.2 Å². The number of nitrogens with one attached hydrogen (secondary N) is 1. The Morgan fingerprint density at radius 3 is 2.55 bits per heavy atom. The molecule has 1 unspecified atom stereocenters. The molecule has 1 atom stereocenters. The minimum atomic E-state index is -1.00. The van der Waals surface area contributed by atoms with Crippen LogP contribution in [-0.2, 0) is 11.2 Å². The number of nitrogens with zero attached hydrogens (tertiary/aromatic N) is 1. The maximum absolute atomic E-state index is 11.2. The lowest BCUT2D eigenvalue weighted by Gasteiger charge is -2.27. The maximum Gasteiger partial charge on any atom is 0.169 e. The molecule has 1 aliphatic rings. The van der Waals surface area contributed by atoms with Crippen LogP contribution in [-0.4, -0.2) is 34.7 Å². The van der Waals surface area contributed by atoms with Gasteiger partial charge in [-0.1, -0.05) is 0 Å². The lowest BCUT2D eigenvalue weighted by atomic mass is 10.1. The summed E-state index contributed by atoms with van der Waals surface area (Å²) in [5.74, 6) is 0. The molecule has 1 aliphatic heterocycles. The van der Waals surface area contributed by atoms with Crippen molar-refractivity contribution in [2.24, 2.45) is 5.73 Å². The highest BCUT2D eigenvalue weighted by Crippen LogP contribution is 2.08. The van der Waals surface area contributed by atoms with E-state index >= 15 is 0 Å². The largest absolute Gasteiger partial charge is 0.328 e. The summed E-state index contributed by atoms with van der Waals surface area (Å²) in [5, 5.41) is 0. The van der Waals surface area contributed by atoms with Crippen LogP contribution in [0.15, 0.2) is 0 Å². The molecule has 5 heteroatoms. The third-order valence-electron chi connectivity index (χ3n) is 1.91. The molecule has 0 amide bonds. The van der Waals surface area contributed by atoms with Gasteiger partial charge < -0.3 is 5.73 Å². The van der Waals surface area contributed by atoms with E-state index in [0.29, 0.717) is 6.04 Å². The fourth-order valence-corrected chi connectivity index (χ4v) is 1.97. The van der Waals surface area contributed by atoms with Crippen LogP contribution in [0.5, 0.6) is 0 Å². The van der Waals surface area contributed by atoms with Gasteiger partial charge in [0.2, 0.25) is 0 Å². The van der Waals surface area contributed by atoms with Gasteiger partial charge in [0, 0.05) is 19.1 Å². The second kappa shape index (κ2) is 4.15. The fourth-order valence-electron chi connectivity index (χ4n) is 1.17. The molecule has 0 radical (unpaired) electrons. The molecule has 4 nitrogen and oxygen atoms in total. The van der Waals surface area contributed by atoms with E-state index in [1.54, 1.807) is 7.05 Å². The van der Waals surface area contributed by atoms with E-state index in [2.05, 4.69) is 4.72 Å². The standard InChI is InChI=1S/C6H15N3OS/c1-8-11(10)9-4-2-6(7)3-5-9/h6,8H,2-5,7H2,1H3. The first-order chi connectivity index (χ1) is 5.24. The Hall–Kier alpha value is 0.0300. The van der Waals surface area contributed by atoms with Crippen LogP contribution in [0.1, 0.15) is 12.8 Å². The summed E-state index contributed by atoms with van der Waals surface area (Å²) in [6, 6.07) is 0.306. The predicted octanol–water partition coefficient (Wildman–Crippen LogP) is -0.792. The summed E-state index contributed by atoms with van der Waals surface area (Å²) in [4.78, 5) is 0. The normalized spacial score (nSPS) is 25.3. The third kappa shape index (κ3) is 2.52. The average molecular weight is 177 g/mol. The monoisotopic (exact) mass is 177 g/mol. The molecule has 1 heterocycles. The Bertz CT molecular complexity index is 145. The zero-order valence-corrected chi connectivity index (χ0v) is 7.56. The van der Waals surface area contributed by atoms with Crippen molar-refractivity contribution in [1.29, 1.82) is 0 Å². The number of piperidine rings is 1. The van der Waals surface area contributed by atoms with Gasteiger partial charge in [-0.2, -0.15) is 0 Å². The summed E-state index contributed by atoms with van der Waals surface area (Å²) in [5.41, 5.74) is 5.69. The molecule has 1 saturated heterocycles. The molecule has 0 spiro atoms. The average Bonchev–Trinajstić information content (AvgIpc) is 2.05. The number of hydrogen-bond donors (Lipinski definition) is 2. The van der Waals surface area contributed by atoms with E-state index in [9.17, 15) is 4.21 Å². The first-order valence-corrected chi connectivity index (χ1v) is 4.94. The minimum Gasteiger partial charge on any atom is -0.328 e. The van der Waals surface area contributed by atoms with Gasteiger partial charge in [0.1, 0.15) is 0 Å². The van der Waals surface area contributed by atoms with E-state index in [4.69, 9.17) is 5.73 Å². The SMILES string of the molecule is CNS(=O)N1CCC(N)CC1. The Morgan fingerprint density at radius 2 is 2.09 bits per heavy atom. The third-order valence-corrected chi connectivity index (χ3v) is 3.09. The summed E-state index contributed by atoms with van der Waals surface area (Å²) in [6.45, 7) is 1.68. The second-order valence-electron chi connectivity index (χ2n) is 2.72. The van der Waals surface area contributed by atoms with Gasteiger partial charge in [-0.05, 0) is 19.9 Å². The lowest BCUT2D eigenvalue weighted by molar-refractivity contribution is 0.333. The first kappa shape index (κ1) is 9.12. The highest BCUT2D eigenvalue weighted by Gasteiger charge is 2.19. The Balaban J connectivity index is 2.33. The van der Waals surface area contributed by atoms with E-state index in [0.717, 1.165) is 25.9 Å². The van der Waals surface area contributed by atoms with Gasteiger partial charge >= 0.3 is 0 Å². The Morgan fingerprint density at radius 1 is 1.55 bits per heavy atom. The van der Waals surface area contributed by atoms with Crippen molar-refractivity contribution in [3.05, 3.63) is 0 Å². The van der Waals surface area contributed by atoms with Crippen LogP contribution in [0.25, 0.3) is 0 Å². The molecule has 1 rings (SSSR count). The Labute approximate surface area is 69.9 Å². The number of rotatable bonds is 2. The van der Waals surface area contributed by atoms with Crippen LogP contribution in [0.3, 0.4) is 0 Å². The molecule has 0 saturated carbocycles. The van der Waals surface area contributed by atoms with Gasteiger partial charge in [-0.25, -0.2) is 13.2 Å². The highest BCUT2D eigenvalue weighted by molar-refractivity contribution is 7.80. The first-order valence-electron chi connectivity index (χ1n) is 3.84. The second-order valence-corrected chi connectivity index (χ2v) is 4.14. The maximum atomic E-state index is 11.2. The lowest BCUT2D eigenvalue weighted by Crippen LogP contribution is -2.43. The highest BCUT2D eigenvalue weighted by atomic mass is 32.2. The fraction of sp³-hybridized carbons (Fsp3) is 1.00. The molecule has 66 valence electrons. The van der Waals surface area contributed by atoms with E-state index in [-0.39, 0.29) is 0 Å². The minimum absolute atomic E-state index is 0.306. The zero-order chi connectivity index (χ0) is 8.27. The summed E-state index contributed by atoms with van der Waals surface area (Å²) >= 11 is -1.00. The van der Waals surface area contributed by atoms with Crippen LogP contribution in [0.4, 0.5) is 0 Å². The number of hydrogen-bond acceptors (Lipinski definition) is 2.